The van der Waals surface area contributed by atoms with E-state index in [2.05, 4.69) is 10.3 Å². The first-order valence-electron chi connectivity index (χ1n) is 6.36. The SMILES string of the molecule is CCOc1cccnc1NC1(CN)CCCC1. The van der Waals surface area contributed by atoms with Crippen LogP contribution in [0.1, 0.15) is 32.6 Å². The fraction of sp³-hybridized carbons (Fsp3) is 0.615. The number of nitrogens with one attached hydrogen (secondary N) is 1. The Morgan fingerprint density at radius 1 is 1.47 bits per heavy atom. The molecule has 0 aliphatic heterocycles. The third-order valence-corrected chi connectivity index (χ3v) is 3.41. The number of ether oxygens (including phenoxy) is 1. The van der Waals surface area contributed by atoms with Gasteiger partial charge in [0.15, 0.2) is 11.6 Å². The van der Waals surface area contributed by atoms with E-state index in [-0.39, 0.29) is 5.54 Å². The Kier molecular flexibility index (Phi) is 3.84. The molecule has 1 aliphatic carbocycles. The van der Waals surface area contributed by atoms with Gasteiger partial charge >= 0.3 is 0 Å². The first-order valence-corrected chi connectivity index (χ1v) is 6.36. The predicted molar refractivity (Wildman–Crippen MR) is 69.3 cm³/mol. The molecule has 4 nitrogen and oxygen atoms in total. The largest absolute Gasteiger partial charge is 0.490 e. The molecule has 1 aliphatic rings. The van der Waals surface area contributed by atoms with Crippen LogP contribution in [-0.4, -0.2) is 23.7 Å². The van der Waals surface area contributed by atoms with E-state index in [1.54, 1.807) is 6.20 Å². The van der Waals surface area contributed by atoms with Crippen molar-refractivity contribution in [3.8, 4) is 5.75 Å². The summed E-state index contributed by atoms with van der Waals surface area (Å²) < 4.78 is 5.57. The molecule has 1 fully saturated rings. The van der Waals surface area contributed by atoms with E-state index in [1.807, 2.05) is 19.1 Å². The summed E-state index contributed by atoms with van der Waals surface area (Å²) in [5.74, 6) is 1.64. The van der Waals surface area contributed by atoms with Gasteiger partial charge in [-0.15, -0.1) is 0 Å². The molecule has 0 atom stereocenters. The van der Waals surface area contributed by atoms with Gasteiger partial charge in [-0.25, -0.2) is 4.98 Å². The number of hydrogen-bond donors (Lipinski definition) is 2. The Morgan fingerprint density at radius 2 is 2.24 bits per heavy atom. The number of rotatable bonds is 5. The van der Waals surface area contributed by atoms with Crippen molar-refractivity contribution in [2.45, 2.75) is 38.1 Å². The Bertz CT molecular complexity index is 361. The lowest BCUT2D eigenvalue weighted by molar-refractivity contribution is 0.339. The van der Waals surface area contributed by atoms with Crippen molar-refractivity contribution >= 4 is 5.82 Å². The first kappa shape index (κ1) is 12.2. The summed E-state index contributed by atoms with van der Waals surface area (Å²) in [5.41, 5.74) is 5.92. The normalized spacial score (nSPS) is 18.0. The summed E-state index contributed by atoms with van der Waals surface area (Å²) in [5, 5.41) is 3.50. The molecule has 1 heterocycles. The van der Waals surface area contributed by atoms with Crippen LogP contribution in [0, 0.1) is 0 Å². The highest BCUT2D eigenvalue weighted by molar-refractivity contribution is 5.51. The van der Waals surface area contributed by atoms with E-state index < -0.39 is 0 Å². The van der Waals surface area contributed by atoms with Crippen LogP contribution in [0.4, 0.5) is 5.82 Å². The van der Waals surface area contributed by atoms with Crippen molar-refractivity contribution in [1.29, 1.82) is 0 Å². The van der Waals surface area contributed by atoms with Crippen molar-refractivity contribution in [1.82, 2.24) is 4.98 Å². The molecule has 1 saturated carbocycles. The summed E-state index contributed by atoms with van der Waals surface area (Å²) in [6.45, 7) is 3.27. The van der Waals surface area contributed by atoms with Gasteiger partial charge in [0.05, 0.1) is 12.1 Å². The maximum atomic E-state index is 5.91. The minimum atomic E-state index is 0.0141. The zero-order valence-corrected chi connectivity index (χ0v) is 10.4. The number of nitrogens with two attached hydrogens (primary N) is 1. The number of pyridine rings is 1. The minimum Gasteiger partial charge on any atom is -0.490 e. The predicted octanol–water partition coefficient (Wildman–Crippen LogP) is 2.16. The van der Waals surface area contributed by atoms with Crippen molar-refractivity contribution in [2.75, 3.05) is 18.5 Å². The Morgan fingerprint density at radius 3 is 2.88 bits per heavy atom. The minimum absolute atomic E-state index is 0.0141. The van der Waals surface area contributed by atoms with Crippen molar-refractivity contribution in [3.63, 3.8) is 0 Å². The summed E-state index contributed by atoms with van der Waals surface area (Å²) in [6.07, 6.45) is 6.49. The van der Waals surface area contributed by atoms with Crippen LogP contribution in [0.25, 0.3) is 0 Å². The number of anilines is 1. The van der Waals surface area contributed by atoms with E-state index in [0.717, 1.165) is 24.4 Å². The van der Waals surface area contributed by atoms with Gasteiger partial charge < -0.3 is 15.8 Å². The molecule has 2 rings (SSSR count). The quantitative estimate of drug-likeness (QED) is 0.821. The van der Waals surface area contributed by atoms with Crippen molar-refractivity contribution < 1.29 is 4.74 Å². The zero-order chi connectivity index (χ0) is 12.1. The van der Waals surface area contributed by atoms with Crippen LogP contribution >= 0.6 is 0 Å². The molecule has 0 unspecified atom stereocenters. The molecule has 0 radical (unpaired) electrons. The van der Waals surface area contributed by atoms with Crippen molar-refractivity contribution in [2.24, 2.45) is 5.73 Å². The third-order valence-electron chi connectivity index (χ3n) is 3.41. The molecule has 0 aromatic carbocycles. The van der Waals surface area contributed by atoms with Gasteiger partial charge in [0, 0.05) is 12.7 Å². The molecule has 0 saturated heterocycles. The van der Waals surface area contributed by atoms with Crippen LogP contribution in [0.3, 0.4) is 0 Å². The Labute approximate surface area is 103 Å². The Hall–Kier alpha value is -1.29. The average molecular weight is 235 g/mol. The van der Waals surface area contributed by atoms with Crippen LogP contribution in [-0.2, 0) is 0 Å². The van der Waals surface area contributed by atoms with Gasteiger partial charge in [0.25, 0.3) is 0 Å². The van der Waals surface area contributed by atoms with E-state index in [4.69, 9.17) is 10.5 Å². The first-order chi connectivity index (χ1) is 8.29. The second-order valence-corrected chi connectivity index (χ2v) is 4.60. The average Bonchev–Trinajstić information content (AvgIpc) is 2.81. The lowest BCUT2D eigenvalue weighted by Gasteiger charge is -2.30. The second kappa shape index (κ2) is 5.36. The highest BCUT2D eigenvalue weighted by atomic mass is 16.5. The third kappa shape index (κ3) is 2.69. The van der Waals surface area contributed by atoms with E-state index >= 15 is 0 Å². The lowest BCUT2D eigenvalue weighted by Crippen LogP contribution is -2.43. The van der Waals surface area contributed by atoms with Crippen molar-refractivity contribution in [3.05, 3.63) is 18.3 Å². The van der Waals surface area contributed by atoms with Gasteiger partial charge in [-0.2, -0.15) is 0 Å². The molecule has 0 spiro atoms. The molecule has 0 bridgehead atoms. The fourth-order valence-electron chi connectivity index (χ4n) is 2.44. The van der Waals surface area contributed by atoms with E-state index in [1.165, 1.54) is 12.8 Å². The summed E-state index contributed by atoms with van der Waals surface area (Å²) in [6, 6.07) is 3.83. The molecule has 94 valence electrons. The molecule has 1 aromatic heterocycles. The van der Waals surface area contributed by atoms with Gasteiger partial charge in [-0.1, -0.05) is 12.8 Å². The zero-order valence-electron chi connectivity index (χ0n) is 10.4. The monoisotopic (exact) mass is 235 g/mol. The van der Waals surface area contributed by atoms with Gasteiger partial charge in [0.1, 0.15) is 0 Å². The van der Waals surface area contributed by atoms with E-state index in [0.29, 0.717) is 13.2 Å². The highest BCUT2D eigenvalue weighted by Crippen LogP contribution is 2.34. The molecule has 17 heavy (non-hydrogen) atoms. The number of nitrogens with zero attached hydrogens (tertiary/aromatic N) is 1. The molecule has 1 aromatic rings. The fourth-order valence-corrected chi connectivity index (χ4v) is 2.44. The Balaban J connectivity index is 2.16. The highest BCUT2D eigenvalue weighted by Gasteiger charge is 2.33. The van der Waals surface area contributed by atoms with Crippen LogP contribution in [0.2, 0.25) is 0 Å². The van der Waals surface area contributed by atoms with E-state index in [9.17, 15) is 0 Å². The lowest BCUT2D eigenvalue weighted by atomic mass is 9.98. The number of hydrogen-bond acceptors (Lipinski definition) is 4. The summed E-state index contributed by atoms with van der Waals surface area (Å²) >= 11 is 0. The van der Waals surface area contributed by atoms with Crippen LogP contribution in [0.15, 0.2) is 18.3 Å². The maximum Gasteiger partial charge on any atom is 0.169 e. The topological polar surface area (TPSA) is 60.2 Å². The standard InChI is InChI=1S/C13H21N3O/c1-2-17-11-6-5-9-15-12(11)16-13(10-14)7-3-4-8-13/h5-6,9H,2-4,7-8,10,14H2,1H3,(H,15,16). The number of aromatic nitrogens is 1. The summed E-state index contributed by atoms with van der Waals surface area (Å²) in [7, 11) is 0. The summed E-state index contributed by atoms with van der Waals surface area (Å²) in [4.78, 5) is 4.36. The maximum absolute atomic E-state index is 5.91. The second-order valence-electron chi connectivity index (χ2n) is 4.60. The smallest absolute Gasteiger partial charge is 0.169 e. The molecule has 0 amide bonds. The van der Waals surface area contributed by atoms with Gasteiger partial charge in [-0.05, 0) is 31.9 Å². The van der Waals surface area contributed by atoms with Crippen LogP contribution in [0.5, 0.6) is 5.75 Å². The molecule has 3 N–H and O–H groups in total. The molecular formula is C13H21N3O. The van der Waals surface area contributed by atoms with Gasteiger partial charge in [-0.3, -0.25) is 0 Å². The molecular weight excluding hydrogens is 214 g/mol. The molecule has 4 heteroatoms. The van der Waals surface area contributed by atoms with Crippen LogP contribution < -0.4 is 15.8 Å². The van der Waals surface area contributed by atoms with Gasteiger partial charge in [0.2, 0.25) is 0 Å².